The van der Waals surface area contributed by atoms with Crippen LogP contribution in [0.25, 0.3) is 0 Å². The number of likely N-dealkylation sites (tertiary alicyclic amines) is 1. The summed E-state index contributed by atoms with van der Waals surface area (Å²) in [6.07, 6.45) is 2.41. The van der Waals surface area contributed by atoms with Crippen LogP contribution < -0.4 is 10.6 Å². The number of nitrogens with one attached hydrogen (secondary N) is 2. The first-order valence-corrected chi connectivity index (χ1v) is 10.4. The maximum Gasteiger partial charge on any atom is 0.319 e. The average molecular weight is 401 g/mol. The van der Waals surface area contributed by atoms with E-state index in [9.17, 15) is 17.6 Å². The number of urea groups is 1. The van der Waals surface area contributed by atoms with Crippen molar-refractivity contribution in [1.29, 1.82) is 0 Å². The summed E-state index contributed by atoms with van der Waals surface area (Å²) < 4.78 is 39.4. The monoisotopic (exact) mass is 400 g/mol. The number of hydrogen-bond acceptors (Lipinski definition) is 4. The summed E-state index contributed by atoms with van der Waals surface area (Å²) in [6, 6.07) is 2.76. The van der Waals surface area contributed by atoms with Crippen LogP contribution in [0.2, 0.25) is 0 Å². The van der Waals surface area contributed by atoms with Gasteiger partial charge in [0.2, 0.25) is 10.0 Å². The molecule has 27 heavy (non-hydrogen) atoms. The van der Waals surface area contributed by atoms with E-state index in [4.69, 9.17) is 0 Å². The Balaban J connectivity index is 1.98. The van der Waals surface area contributed by atoms with Crippen LogP contribution in [-0.4, -0.2) is 63.9 Å². The number of anilines is 1. The smallest absolute Gasteiger partial charge is 0.319 e. The van der Waals surface area contributed by atoms with Gasteiger partial charge in [0, 0.05) is 27.2 Å². The number of amides is 2. The fraction of sp³-hybridized carbons (Fsp3) is 0.611. The van der Waals surface area contributed by atoms with Crippen LogP contribution >= 0.6 is 0 Å². The molecule has 2 amide bonds. The summed E-state index contributed by atoms with van der Waals surface area (Å²) in [5.74, 6) is -0.695. The van der Waals surface area contributed by atoms with E-state index in [2.05, 4.69) is 29.4 Å². The number of nitrogens with zero attached hydrogens (tertiary/aromatic N) is 2. The topological polar surface area (TPSA) is 81.8 Å². The second kappa shape index (κ2) is 8.53. The van der Waals surface area contributed by atoms with Gasteiger partial charge in [0.15, 0.2) is 0 Å². The lowest BCUT2D eigenvalue weighted by molar-refractivity contribution is 0.201. The molecule has 7 nitrogen and oxygen atoms in total. The van der Waals surface area contributed by atoms with E-state index >= 15 is 0 Å². The van der Waals surface area contributed by atoms with Gasteiger partial charge in [-0.25, -0.2) is 21.9 Å². The van der Waals surface area contributed by atoms with Gasteiger partial charge in [-0.3, -0.25) is 0 Å². The molecule has 0 aromatic heterocycles. The van der Waals surface area contributed by atoms with Crippen molar-refractivity contribution in [1.82, 2.24) is 14.5 Å². The first kappa shape index (κ1) is 21.6. The quantitative estimate of drug-likeness (QED) is 0.736. The Kier molecular flexibility index (Phi) is 6.82. The molecule has 0 saturated carbocycles. The third-order valence-electron chi connectivity index (χ3n) is 4.54. The Morgan fingerprint density at radius 2 is 1.89 bits per heavy atom. The second-order valence-electron chi connectivity index (χ2n) is 7.88. The Labute approximate surface area is 161 Å². The molecule has 0 radical (unpaired) electrons. The van der Waals surface area contributed by atoms with E-state index < -0.39 is 21.9 Å². The fourth-order valence-electron chi connectivity index (χ4n) is 3.06. The SMILES string of the molecule is CN(C)S(=O)(=O)c1ccc(F)c(NC(=O)NCC(C)(C)CN2CCCC2)c1. The third kappa shape index (κ3) is 5.88. The van der Waals surface area contributed by atoms with Crippen molar-refractivity contribution in [3.05, 3.63) is 24.0 Å². The van der Waals surface area contributed by atoms with Gasteiger partial charge in [0.05, 0.1) is 10.6 Å². The Bertz CT molecular complexity index is 775. The molecule has 1 heterocycles. The minimum absolute atomic E-state index is 0.0847. The molecule has 1 aromatic carbocycles. The lowest BCUT2D eigenvalue weighted by atomic mass is 9.93. The van der Waals surface area contributed by atoms with Crippen LogP contribution in [0.1, 0.15) is 26.7 Å². The summed E-state index contributed by atoms with van der Waals surface area (Å²) >= 11 is 0. The molecule has 1 aromatic rings. The van der Waals surface area contributed by atoms with Gasteiger partial charge in [-0.1, -0.05) is 13.8 Å². The van der Waals surface area contributed by atoms with E-state index in [1.807, 2.05) is 0 Å². The van der Waals surface area contributed by atoms with Crippen LogP contribution in [0.3, 0.4) is 0 Å². The number of hydrogen-bond donors (Lipinski definition) is 2. The largest absolute Gasteiger partial charge is 0.337 e. The normalized spacial score (nSPS) is 15.9. The lowest BCUT2D eigenvalue weighted by Gasteiger charge is -2.30. The average Bonchev–Trinajstić information content (AvgIpc) is 3.07. The number of rotatable bonds is 7. The fourth-order valence-corrected chi connectivity index (χ4v) is 3.99. The number of sulfonamides is 1. The molecule has 1 aliphatic rings. The van der Waals surface area contributed by atoms with Crippen molar-refractivity contribution < 1.29 is 17.6 Å². The molecule has 1 saturated heterocycles. The van der Waals surface area contributed by atoms with Gasteiger partial charge in [0.25, 0.3) is 0 Å². The van der Waals surface area contributed by atoms with Crippen LogP contribution in [0, 0.1) is 11.2 Å². The van der Waals surface area contributed by atoms with Gasteiger partial charge in [-0.15, -0.1) is 0 Å². The molecule has 0 spiro atoms. The van der Waals surface area contributed by atoms with Crippen LogP contribution in [0.5, 0.6) is 0 Å². The van der Waals surface area contributed by atoms with E-state index in [1.54, 1.807) is 0 Å². The van der Waals surface area contributed by atoms with Crippen LogP contribution in [-0.2, 0) is 10.0 Å². The number of benzene rings is 1. The molecule has 152 valence electrons. The third-order valence-corrected chi connectivity index (χ3v) is 6.35. The Morgan fingerprint density at radius 3 is 2.48 bits per heavy atom. The molecule has 0 unspecified atom stereocenters. The zero-order valence-electron chi connectivity index (χ0n) is 16.4. The minimum atomic E-state index is -3.71. The maximum atomic E-state index is 14.0. The van der Waals surface area contributed by atoms with E-state index in [0.717, 1.165) is 36.1 Å². The molecule has 2 rings (SSSR count). The predicted octanol–water partition coefficient (Wildman–Crippen LogP) is 2.32. The van der Waals surface area contributed by atoms with E-state index in [-0.39, 0.29) is 16.0 Å². The second-order valence-corrected chi connectivity index (χ2v) is 10.0. The number of halogens is 1. The highest BCUT2D eigenvalue weighted by Gasteiger charge is 2.25. The van der Waals surface area contributed by atoms with Gasteiger partial charge in [-0.2, -0.15) is 0 Å². The molecular weight excluding hydrogens is 371 g/mol. The van der Waals surface area contributed by atoms with Gasteiger partial charge >= 0.3 is 6.03 Å². The predicted molar refractivity (Wildman–Crippen MR) is 104 cm³/mol. The van der Waals surface area contributed by atoms with Crippen molar-refractivity contribution in [3.63, 3.8) is 0 Å². The summed E-state index contributed by atoms with van der Waals surface area (Å²) in [6.45, 7) is 7.58. The van der Waals surface area contributed by atoms with Gasteiger partial charge in [-0.05, 0) is 49.5 Å². The Hall–Kier alpha value is -1.71. The van der Waals surface area contributed by atoms with Crippen LogP contribution in [0.15, 0.2) is 23.1 Å². The zero-order valence-corrected chi connectivity index (χ0v) is 17.2. The molecule has 0 atom stereocenters. The highest BCUT2D eigenvalue weighted by Crippen LogP contribution is 2.22. The van der Waals surface area contributed by atoms with Crippen molar-refractivity contribution in [2.24, 2.45) is 5.41 Å². The molecule has 1 fully saturated rings. The molecular formula is C18H29FN4O3S. The lowest BCUT2D eigenvalue weighted by Crippen LogP contribution is -2.42. The van der Waals surface area contributed by atoms with Gasteiger partial charge < -0.3 is 15.5 Å². The number of carbonyl (C=O) groups is 1. The molecule has 1 aliphatic heterocycles. The summed E-state index contributed by atoms with van der Waals surface area (Å²) in [4.78, 5) is 14.5. The molecule has 0 aliphatic carbocycles. The zero-order chi connectivity index (χ0) is 20.2. The van der Waals surface area contributed by atoms with Crippen LogP contribution in [0.4, 0.5) is 14.9 Å². The first-order valence-electron chi connectivity index (χ1n) is 9.00. The van der Waals surface area contributed by atoms with Crippen molar-refractivity contribution in [2.45, 2.75) is 31.6 Å². The maximum absolute atomic E-state index is 14.0. The highest BCUT2D eigenvalue weighted by atomic mass is 32.2. The minimum Gasteiger partial charge on any atom is -0.337 e. The molecule has 9 heteroatoms. The van der Waals surface area contributed by atoms with E-state index in [1.165, 1.54) is 33.0 Å². The number of carbonyl (C=O) groups excluding carboxylic acids is 1. The molecule has 0 bridgehead atoms. The highest BCUT2D eigenvalue weighted by molar-refractivity contribution is 7.89. The summed E-state index contributed by atoms with van der Waals surface area (Å²) in [5, 5.41) is 5.16. The van der Waals surface area contributed by atoms with Crippen molar-refractivity contribution in [3.8, 4) is 0 Å². The molecule has 2 N–H and O–H groups in total. The summed E-state index contributed by atoms with van der Waals surface area (Å²) in [7, 11) is -0.932. The standard InChI is InChI=1S/C18H29FN4O3S/c1-18(2,13-23-9-5-6-10-23)12-20-17(24)21-16-11-14(7-8-15(16)19)27(25,26)22(3)4/h7-8,11H,5-6,9-10,12-13H2,1-4H3,(H2,20,21,24). The van der Waals surface area contributed by atoms with Crippen molar-refractivity contribution in [2.75, 3.05) is 45.6 Å². The van der Waals surface area contributed by atoms with Gasteiger partial charge in [0.1, 0.15) is 5.82 Å². The Morgan fingerprint density at radius 1 is 1.26 bits per heavy atom. The van der Waals surface area contributed by atoms with Crippen molar-refractivity contribution >= 4 is 21.7 Å². The summed E-state index contributed by atoms with van der Waals surface area (Å²) in [5.41, 5.74) is -0.302. The first-order chi connectivity index (χ1) is 12.5. The van der Waals surface area contributed by atoms with E-state index in [0.29, 0.717) is 6.54 Å².